The summed E-state index contributed by atoms with van der Waals surface area (Å²) in [5.41, 5.74) is 3.80. The van der Waals surface area contributed by atoms with Crippen molar-refractivity contribution in [1.29, 1.82) is 0 Å². The molecule has 1 amide bonds. The first kappa shape index (κ1) is 18.7. The minimum atomic E-state index is -0.0670. The van der Waals surface area contributed by atoms with E-state index in [1.165, 1.54) is 17.5 Å². The van der Waals surface area contributed by atoms with E-state index in [0.717, 1.165) is 25.1 Å². The van der Waals surface area contributed by atoms with Gasteiger partial charge >= 0.3 is 0 Å². The number of aromatic nitrogens is 3. The topological polar surface area (TPSA) is 63.1 Å². The lowest BCUT2D eigenvalue weighted by molar-refractivity contribution is -0.117. The highest BCUT2D eigenvalue weighted by molar-refractivity contribution is 6.31. The van der Waals surface area contributed by atoms with E-state index in [9.17, 15) is 4.79 Å². The van der Waals surface area contributed by atoms with Crippen molar-refractivity contribution < 1.29 is 4.79 Å². The number of halogens is 1. The molecule has 1 aliphatic rings. The Morgan fingerprint density at radius 3 is 2.71 bits per heavy atom. The van der Waals surface area contributed by atoms with E-state index in [0.29, 0.717) is 23.3 Å². The molecule has 1 heterocycles. The second-order valence-corrected chi connectivity index (χ2v) is 7.61. The van der Waals surface area contributed by atoms with E-state index >= 15 is 0 Å². The van der Waals surface area contributed by atoms with Gasteiger partial charge < -0.3 is 5.32 Å². The standard InChI is InChI=1S/C21H22ClN5O/c1-15-2-4-16(5-3-15)11-26(18-7-8-18)12-21(28)25-19-10-17(22)6-9-20(19)27-14-23-13-24-27/h2-6,9-10,13-14,18H,7-8,11-12H2,1H3,(H,25,28). The first-order valence-corrected chi connectivity index (χ1v) is 9.70. The number of nitrogens with zero attached hydrogens (tertiary/aromatic N) is 4. The highest BCUT2D eigenvalue weighted by Gasteiger charge is 2.30. The summed E-state index contributed by atoms with van der Waals surface area (Å²) in [6.45, 7) is 3.18. The molecule has 0 radical (unpaired) electrons. The number of amides is 1. The van der Waals surface area contributed by atoms with Crippen molar-refractivity contribution in [2.24, 2.45) is 0 Å². The largest absolute Gasteiger partial charge is 0.323 e. The second-order valence-electron chi connectivity index (χ2n) is 7.17. The number of rotatable bonds is 7. The summed E-state index contributed by atoms with van der Waals surface area (Å²) in [5.74, 6) is -0.0670. The monoisotopic (exact) mass is 395 g/mol. The molecule has 1 aliphatic carbocycles. The number of carbonyl (C=O) groups is 1. The molecule has 4 rings (SSSR count). The Morgan fingerprint density at radius 2 is 2.04 bits per heavy atom. The molecule has 144 valence electrons. The van der Waals surface area contributed by atoms with E-state index in [1.54, 1.807) is 23.1 Å². The van der Waals surface area contributed by atoms with Crippen molar-refractivity contribution in [2.75, 3.05) is 11.9 Å². The first-order chi connectivity index (χ1) is 13.6. The average molecular weight is 396 g/mol. The zero-order chi connectivity index (χ0) is 19.5. The number of anilines is 1. The zero-order valence-electron chi connectivity index (χ0n) is 15.7. The van der Waals surface area contributed by atoms with Gasteiger partial charge in [-0.05, 0) is 43.5 Å². The Morgan fingerprint density at radius 1 is 1.25 bits per heavy atom. The van der Waals surface area contributed by atoms with Crippen LogP contribution in [0, 0.1) is 6.92 Å². The van der Waals surface area contributed by atoms with E-state index in [-0.39, 0.29) is 5.91 Å². The molecule has 6 nitrogen and oxygen atoms in total. The number of aryl methyl sites for hydroxylation is 1. The molecule has 7 heteroatoms. The van der Waals surface area contributed by atoms with E-state index in [2.05, 4.69) is 51.5 Å². The van der Waals surface area contributed by atoms with Gasteiger partial charge in [-0.1, -0.05) is 41.4 Å². The van der Waals surface area contributed by atoms with Gasteiger partial charge in [-0.25, -0.2) is 9.67 Å². The smallest absolute Gasteiger partial charge is 0.238 e. The normalized spacial score (nSPS) is 13.7. The molecule has 0 unspecified atom stereocenters. The zero-order valence-corrected chi connectivity index (χ0v) is 16.4. The molecule has 28 heavy (non-hydrogen) atoms. The molecule has 0 atom stereocenters. The number of benzene rings is 2. The van der Waals surface area contributed by atoms with E-state index in [4.69, 9.17) is 11.6 Å². The minimum absolute atomic E-state index is 0.0670. The highest BCUT2D eigenvalue weighted by atomic mass is 35.5. The van der Waals surface area contributed by atoms with Gasteiger partial charge in [0.15, 0.2) is 0 Å². The summed E-state index contributed by atoms with van der Waals surface area (Å²) < 4.78 is 1.61. The van der Waals surface area contributed by atoms with Crippen molar-refractivity contribution in [2.45, 2.75) is 32.4 Å². The van der Waals surface area contributed by atoms with Crippen LogP contribution in [0.5, 0.6) is 0 Å². The van der Waals surface area contributed by atoms with Gasteiger partial charge in [-0.2, -0.15) is 5.10 Å². The lowest BCUT2D eigenvalue weighted by Crippen LogP contribution is -2.34. The molecular weight excluding hydrogens is 374 g/mol. The van der Waals surface area contributed by atoms with Gasteiger partial charge in [0.2, 0.25) is 5.91 Å². The third kappa shape index (κ3) is 4.58. The lowest BCUT2D eigenvalue weighted by atomic mass is 10.1. The first-order valence-electron chi connectivity index (χ1n) is 9.32. The molecule has 1 N–H and O–H groups in total. The number of nitrogens with one attached hydrogen (secondary N) is 1. The van der Waals surface area contributed by atoms with Crippen LogP contribution < -0.4 is 5.32 Å². The molecule has 1 aromatic heterocycles. The molecule has 3 aromatic rings. The summed E-state index contributed by atoms with van der Waals surface area (Å²) in [5, 5.41) is 7.69. The third-order valence-corrected chi connectivity index (χ3v) is 5.05. The van der Waals surface area contributed by atoms with Crippen LogP contribution in [0.1, 0.15) is 24.0 Å². The fourth-order valence-corrected chi connectivity index (χ4v) is 3.37. The van der Waals surface area contributed by atoms with Gasteiger partial charge in [0, 0.05) is 17.6 Å². The van der Waals surface area contributed by atoms with Crippen LogP contribution in [-0.2, 0) is 11.3 Å². The van der Waals surface area contributed by atoms with Crippen LogP contribution in [0.15, 0.2) is 55.1 Å². The summed E-state index contributed by atoms with van der Waals surface area (Å²) >= 11 is 6.14. The molecule has 0 spiro atoms. The molecule has 0 saturated heterocycles. The van der Waals surface area contributed by atoms with Crippen LogP contribution in [0.2, 0.25) is 5.02 Å². The van der Waals surface area contributed by atoms with Crippen molar-refractivity contribution >= 4 is 23.2 Å². The average Bonchev–Trinajstić information content (AvgIpc) is 3.38. The molecular formula is C21H22ClN5O. The molecule has 0 aliphatic heterocycles. The maximum Gasteiger partial charge on any atom is 0.238 e. The maximum atomic E-state index is 12.8. The summed E-state index contributed by atoms with van der Waals surface area (Å²) in [4.78, 5) is 19.0. The van der Waals surface area contributed by atoms with Crippen LogP contribution in [-0.4, -0.2) is 38.2 Å². The molecule has 0 bridgehead atoms. The van der Waals surface area contributed by atoms with Crippen molar-refractivity contribution in [3.8, 4) is 5.69 Å². The van der Waals surface area contributed by atoms with Gasteiger partial charge in [0.25, 0.3) is 0 Å². The molecule has 1 fully saturated rings. The predicted octanol–water partition coefficient (Wildman–Crippen LogP) is 3.83. The van der Waals surface area contributed by atoms with Gasteiger partial charge in [0.1, 0.15) is 12.7 Å². The number of carbonyl (C=O) groups excluding carboxylic acids is 1. The Labute approximate surface area is 169 Å². The number of hydrogen-bond acceptors (Lipinski definition) is 4. The summed E-state index contributed by atoms with van der Waals surface area (Å²) in [7, 11) is 0. The number of hydrogen-bond donors (Lipinski definition) is 1. The van der Waals surface area contributed by atoms with Crippen molar-refractivity contribution in [3.63, 3.8) is 0 Å². The van der Waals surface area contributed by atoms with E-state index in [1.807, 2.05) is 6.07 Å². The maximum absolute atomic E-state index is 12.8. The van der Waals surface area contributed by atoms with Crippen molar-refractivity contribution in [3.05, 3.63) is 71.3 Å². The Kier molecular flexibility index (Phi) is 5.41. The van der Waals surface area contributed by atoms with Crippen LogP contribution in [0.25, 0.3) is 5.69 Å². The van der Waals surface area contributed by atoms with Crippen LogP contribution in [0.3, 0.4) is 0 Å². The van der Waals surface area contributed by atoms with Crippen LogP contribution in [0.4, 0.5) is 5.69 Å². The lowest BCUT2D eigenvalue weighted by Gasteiger charge is -2.22. The Balaban J connectivity index is 1.47. The van der Waals surface area contributed by atoms with Gasteiger partial charge in [0.05, 0.1) is 17.9 Å². The van der Waals surface area contributed by atoms with Crippen LogP contribution >= 0.6 is 11.6 Å². The Hall–Kier alpha value is -2.70. The summed E-state index contributed by atoms with van der Waals surface area (Å²) in [6.07, 6.45) is 5.32. The molecule has 1 saturated carbocycles. The fraction of sp³-hybridized carbons (Fsp3) is 0.286. The van der Waals surface area contributed by atoms with Crippen molar-refractivity contribution in [1.82, 2.24) is 19.7 Å². The third-order valence-electron chi connectivity index (χ3n) is 4.81. The van der Waals surface area contributed by atoms with Gasteiger partial charge in [-0.3, -0.25) is 9.69 Å². The fourth-order valence-electron chi connectivity index (χ4n) is 3.20. The van der Waals surface area contributed by atoms with E-state index < -0.39 is 0 Å². The highest BCUT2D eigenvalue weighted by Crippen LogP contribution is 2.29. The Bertz CT molecular complexity index is 951. The van der Waals surface area contributed by atoms with Gasteiger partial charge in [-0.15, -0.1) is 0 Å². The minimum Gasteiger partial charge on any atom is -0.323 e. The quantitative estimate of drug-likeness (QED) is 0.660. The molecule has 2 aromatic carbocycles. The summed E-state index contributed by atoms with van der Waals surface area (Å²) in [6, 6.07) is 14.3. The predicted molar refractivity (Wildman–Crippen MR) is 110 cm³/mol. The second kappa shape index (κ2) is 8.12. The SMILES string of the molecule is Cc1ccc(CN(CC(=O)Nc2cc(Cl)ccc2-n2cncn2)C2CC2)cc1.